The Hall–Kier alpha value is -0.840. The smallest absolute Gasteiger partial charge is 0.0345 e. The summed E-state index contributed by atoms with van der Waals surface area (Å²) in [7, 11) is 4.44. The van der Waals surface area contributed by atoms with Crippen molar-refractivity contribution in [1.29, 1.82) is 0 Å². The van der Waals surface area contributed by atoms with Crippen LogP contribution in [0.25, 0.3) is 0 Å². The molecule has 0 aromatic carbocycles. The van der Waals surface area contributed by atoms with Crippen LogP contribution in [0, 0.1) is 0 Å². The molecule has 1 aromatic heterocycles. The molecule has 0 amide bonds. The van der Waals surface area contributed by atoms with Crippen molar-refractivity contribution < 1.29 is 0 Å². The van der Waals surface area contributed by atoms with Crippen LogP contribution >= 0.6 is 0 Å². The molecule has 0 spiro atoms. The van der Waals surface area contributed by atoms with Crippen molar-refractivity contribution in [1.82, 2.24) is 19.7 Å². The molecule has 1 saturated heterocycles. The molecule has 4 heteroatoms. The van der Waals surface area contributed by atoms with Crippen molar-refractivity contribution in [3.8, 4) is 0 Å². The Labute approximate surface area is 111 Å². The fourth-order valence-corrected chi connectivity index (χ4v) is 2.50. The highest BCUT2D eigenvalue weighted by molar-refractivity contribution is 5.09. The van der Waals surface area contributed by atoms with E-state index < -0.39 is 0 Å². The number of likely N-dealkylation sites (N-methyl/N-ethyl adjacent to an activating group) is 2. The van der Waals surface area contributed by atoms with Gasteiger partial charge >= 0.3 is 0 Å². The second-order valence-electron chi connectivity index (χ2n) is 5.38. The van der Waals surface area contributed by atoms with Gasteiger partial charge in [-0.1, -0.05) is 0 Å². The summed E-state index contributed by atoms with van der Waals surface area (Å²) in [6.07, 6.45) is 4.38. The third kappa shape index (κ3) is 3.57. The fourth-order valence-electron chi connectivity index (χ4n) is 2.50. The number of piperazine rings is 1. The molecule has 1 aliphatic rings. The van der Waals surface area contributed by atoms with E-state index in [1.165, 1.54) is 25.2 Å². The lowest BCUT2D eigenvalue weighted by molar-refractivity contribution is 0.113. The monoisotopic (exact) mass is 250 g/mol. The van der Waals surface area contributed by atoms with E-state index in [4.69, 9.17) is 0 Å². The van der Waals surface area contributed by atoms with Crippen molar-refractivity contribution in [2.24, 2.45) is 0 Å². The van der Waals surface area contributed by atoms with Crippen LogP contribution in [-0.4, -0.2) is 60.7 Å². The van der Waals surface area contributed by atoms with E-state index in [1.54, 1.807) is 0 Å². The molecule has 0 aliphatic carbocycles. The highest BCUT2D eigenvalue weighted by Crippen LogP contribution is 2.06. The summed E-state index contributed by atoms with van der Waals surface area (Å²) < 4.78 is 2.22. The number of aryl methyl sites for hydroxylation is 1. The van der Waals surface area contributed by atoms with Gasteiger partial charge in [0.1, 0.15) is 0 Å². The van der Waals surface area contributed by atoms with E-state index in [9.17, 15) is 0 Å². The van der Waals surface area contributed by atoms with Crippen LogP contribution in [0.3, 0.4) is 0 Å². The largest absolute Gasteiger partial charge is 0.354 e. The molecular formula is C14H26N4. The molecule has 0 saturated carbocycles. The average Bonchev–Trinajstić information content (AvgIpc) is 2.81. The Morgan fingerprint density at radius 3 is 2.89 bits per heavy atom. The van der Waals surface area contributed by atoms with Gasteiger partial charge in [0.15, 0.2) is 0 Å². The van der Waals surface area contributed by atoms with Gasteiger partial charge in [0.2, 0.25) is 0 Å². The molecule has 0 bridgehead atoms. The zero-order chi connectivity index (χ0) is 13.0. The molecule has 1 aromatic rings. The number of nitrogens with zero attached hydrogens (tertiary/aromatic N) is 3. The molecule has 1 unspecified atom stereocenters. The third-order valence-corrected chi connectivity index (χ3v) is 3.87. The standard InChI is InChI=1S/C14H26N4/c1-4-18-6-5-13(11-18)9-15-10-14-12-16(2)7-8-17(14)3/h5-6,11,14-15H,4,7-10,12H2,1-3H3. The Balaban J connectivity index is 1.74. The van der Waals surface area contributed by atoms with Gasteiger partial charge in [-0.3, -0.25) is 4.90 Å². The lowest BCUT2D eigenvalue weighted by Gasteiger charge is -2.37. The second kappa shape index (κ2) is 6.36. The SMILES string of the molecule is CCn1ccc(CNCC2CN(C)CCN2C)c1. The molecule has 102 valence electrons. The maximum Gasteiger partial charge on any atom is 0.0345 e. The molecule has 1 atom stereocenters. The first-order chi connectivity index (χ1) is 8.69. The summed E-state index contributed by atoms with van der Waals surface area (Å²) in [6, 6.07) is 2.84. The number of nitrogens with one attached hydrogen (secondary N) is 1. The minimum Gasteiger partial charge on any atom is -0.354 e. The van der Waals surface area contributed by atoms with Gasteiger partial charge in [-0.2, -0.15) is 0 Å². The molecule has 4 nitrogen and oxygen atoms in total. The predicted molar refractivity (Wildman–Crippen MR) is 75.7 cm³/mol. The minimum atomic E-state index is 0.636. The van der Waals surface area contributed by atoms with Crippen LogP contribution < -0.4 is 5.32 Å². The highest BCUT2D eigenvalue weighted by Gasteiger charge is 2.21. The lowest BCUT2D eigenvalue weighted by atomic mass is 10.2. The lowest BCUT2D eigenvalue weighted by Crippen LogP contribution is -2.53. The zero-order valence-electron chi connectivity index (χ0n) is 11.9. The summed E-state index contributed by atoms with van der Waals surface area (Å²) in [5.74, 6) is 0. The molecule has 0 radical (unpaired) electrons. The van der Waals surface area contributed by atoms with Crippen molar-refractivity contribution >= 4 is 0 Å². The second-order valence-corrected chi connectivity index (χ2v) is 5.38. The fraction of sp³-hybridized carbons (Fsp3) is 0.714. The van der Waals surface area contributed by atoms with E-state index >= 15 is 0 Å². The summed E-state index contributed by atoms with van der Waals surface area (Å²) in [5.41, 5.74) is 1.38. The first-order valence-electron chi connectivity index (χ1n) is 6.93. The molecule has 1 fully saturated rings. The van der Waals surface area contributed by atoms with E-state index in [0.717, 1.165) is 19.6 Å². The maximum absolute atomic E-state index is 3.58. The van der Waals surface area contributed by atoms with Crippen LogP contribution in [0.5, 0.6) is 0 Å². The normalized spacial score (nSPS) is 22.5. The average molecular weight is 250 g/mol. The Morgan fingerprint density at radius 2 is 2.17 bits per heavy atom. The van der Waals surface area contributed by atoms with Crippen molar-refractivity contribution in [2.75, 3.05) is 40.3 Å². The number of hydrogen-bond donors (Lipinski definition) is 1. The Morgan fingerprint density at radius 1 is 1.33 bits per heavy atom. The van der Waals surface area contributed by atoms with Gasteiger partial charge in [-0.25, -0.2) is 0 Å². The third-order valence-electron chi connectivity index (χ3n) is 3.87. The van der Waals surface area contributed by atoms with Crippen molar-refractivity contribution in [3.05, 3.63) is 24.0 Å². The zero-order valence-corrected chi connectivity index (χ0v) is 11.9. The quantitative estimate of drug-likeness (QED) is 0.838. The highest BCUT2D eigenvalue weighted by atomic mass is 15.3. The van der Waals surface area contributed by atoms with Gasteiger partial charge < -0.3 is 14.8 Å². The van der Waals surface area contributed by atoms with Crippen LogP contribution in [0.2, 0.25) is 0 Å². The van der Waals surface area contributed by atoms with Crippen LogP contribution in [0.4, 0.5) is 0 Å². The summed E-state index contributed by atoms with van der Waals surface area (Å²) >= 11 is 0. The summed E-state index contributed by atoms with van der Waals surface area (Å²) in [4.78, 5) is 4.88. The number of hydrogen-bond acceptors (Lipinski definition) is 3. The number of rotatable bonds is 5. The number of aromatic nitrogens is 1. The Bertz CT molecular complexity index is 360. The Kier molecular flexibility index (Phi) is 4.80. The van der Waals surface area contributed by atoms with Crippen molar-refractivity contribution in [2.45, 2.75) is 26.1 Å². The van der Waals surface area contributed by atoms with Crippen molar-refractivity contribution in [3.63, 3.8) is 0 Å². The first-order valence-corrected chi connectivity index (χ1v) is 6.93. The van der Waals surface area contributed by atoms with Gasteiger partial charge in [-0.15, -0.1) is 0 Å². The molecule has 18 heavy (non-hydrogen) atoms. The van der Waals surface area contributed by atoms with E-state index in [2.05, 4.69) is 59.2 Å². The van der Waals surface area contributed by atoms with E-state index in [-0.39, 0.29) is 0 Å². The molecular weight excluding hydrogens is 224 g/mol. The maximum atomic E-state index is 3.58. The van der Waals surface area contributed by atoms with E-state index in [0.29, 0.717) is 6.04 Å². The van der Waals surface area contributed by atoms with Gasteiger partial charge in [0.05, 0.1) is 0 Å². The topological polar surface area (TPSA) is 23.4 Å². The van der Waals surface area contributed by atoms with Crippen LogP contribution in [0.1, 0.15) is 12.5 Å². The van der Waals surface area contributed by atoms with E-state index in [1.807, 2.05) is 0 Å². The van der Waals surface area contributed by atoms with Gasteiger partial charge in [0, 0.05) is 57.7 Å². The summed E-state index contributed by atoms with van der Waals surface area (Å²) in [5, 5.41) is 3.58. The summed E-state index contributed by atoms with van der Waals surface area (Å²) in [6.45, 7) is 8.79. The predicted octanol–water partition coefficient (Wildman–Crippen LogP) is 0.843. The molecule has 2 rings (SSSR count). The van der Waals surface area contributed by atoms with Gasteiger partial charge in [0.25, 0.3) is 0 Å². The van der Waals surface area contributed by atoms with Crippen LogP contribution in [-0.2, 0) is 13.1 Å². The molecule has 1 N–H and O–H groups in total. The first kappa shape index (κ1) is 13.6. The van der Waals surface area contributed by atoms with Gasteiger partial charge in [-0.05, 0) is 32.6 Å². The minimum absolute atomic E-state index is 0.636. The molecule has 1 aliphatic heterocycles. The van der Waals surface area contributed by atoms with Crippen LogP contribution in [0.15, 0.2) is 18.5 Å². The molecule has 2 heterocycles.